The van der Waals surface area contributed by atoms with Gasteiger partial charge in [-0.25, -0.2) is 4.79 Å². The number of hydrogen-bond acceptors (Lipinski definition) is 5. The molecule has 1 heterocycles. The molecule has 0 aliphatic rings. The van der Waals surface area contributed by atoms with Crippen molar-refractivity contribution in [1.29, 1.82) is 5.26 Å². The molecule has 0 aliphatic heterocycles. The first-order valence-corrected chi connectivity index (χ1v) is 5.57. The summed E-state index contributed by atoms with van der Waals surface area (Å²) in [6.07, 6.45) is 0. The highest BCUT2D eigenvalue weighted by atomic mass is 16.5. The Morgan fingerprint density at radius 1 is 1.40 bits per heavy atom. The summed E-state index contributed by atoms with van der Waals surface area (Å²) in [7, 11) is 0. The van der Waals surface area contributed by atoms with Gasteiger partial charge in [0.2, 0.25) is 5.76 Å². The monoisotopic (exact) mass is 271 g/mol. The Labute approximate surface area is 113 Å². The van der Waals surface area contributed by atoms with E-state index in [0.717, 1.165) is 11.6 Å². The number of nitrogens with one attached hydrogen (secondary N) is 1. The molecule has 0 fully saturated rings. The number of aromatic carboxylic acids is 1. The van der Waals surface area contributed by atoms with Crippen LogP contribution in [0.15, 0.2) is 34.9 Å². The van der Waals surface area contributed by atoms with Crippen LogP contribution in [0, 0.1) is 11.3 Å². The molecule has 100 valence electrons. The summed E-state index contributed by atoms with van der Waals surface area (Å²) >= 11 is 0. The summed E-state index contributed by atoms with van der Waals surface area (Å²) in [6, 6.07) is 9.81. The third-order valence-corrected chi connectivity index (χ3v) is 2.46. The molecule has 7 heteroatoms. The molecule has 0 atom stereocenters. The van der Waals surface area contributed by atoms with Crippen LogP contribution < -0.4 is 5.32 Å². The maximum absolute atomic E-state index is 11.7. The molecule has 0 saturated carbocycles. The van der Waals surface area contributed by atoms with Crippen molar-refractivity contribution < 1.29 is 19.2 Å². The van der Waals surface area contributed by atoms with Gasteiger partial charge in [0.25, 0.3) is 5.91 Å². The molecule has 2 N–H and O–H groups in total. The molecule has 0 unspecified atom stereocenters. The lowest BCUT2D eigenvalue weighted by Gasteiger charge is -2.03. The average Bonchev–Trinajstić information content (AvgIpc) is 2.95. The highest BCUT2D eigenvalue weighted by molar-refractivity contribution is 5.94. The number of nitriles is 1. The largest absolute Gasteiger partial charge is 0.475 e. The van der Waals surface area contributed by atoms with Crippen molar-refractivity contribution in [2.75, 3.05) is 0 Å². The van der Waals surface area contributed by atoms with Crippen molar-refractivity contribution in [1.82, 2.24) is 10.5 Å². The van der Waals surface area contributed by atoms with Gasteiger partial charge in [-0.3, -0.25) is 4.79 Å². The van der Waals surface area contributed by atoms with E-state index in [-0.39, 0.29) is 12.2 Å². The van der Waals surface area contributed by atoms with Crippen LogP contribution in [0.4, 0.5) is 0 Å². The Morgan fingerprint density at radius 2 is 2.20 bits per heavy atom. The van der Waals surface area contributed by atoms with E-state index in [4.69, 9.17) is 10.4 Å². The highest BCUT2D eigenvalue weighted by Crippen LogP contribution is 2.06. The van der Waals surface area contributed by atoms with Crippen LogP contribution in [0.1, 0.15) is 32.2 Å². The van der Waals surface area contributed by atoms with Gasteiger partial charge in [-0.1, -0.05) is 17.3 Å². The Hall–Kier alpha value is -3.14. The van der Waals surface area contributed by atoms with Crippen molar-refractivity contribution in [2.24, 2.45) is 0 Å². The molecule has 0 saturated heterocycles. The topological polar surface area (TPSA) is 116 Å². The number of amides is 1. The van der Waals surface area contributed by atoms with E-state index in [1.54, 1.807) is 24.3 Å². The zero-order chi connectivity index (χ0) is 14.5. The van der Waals surface area contributed by atoms with Crippen LogP contribution in [0.25, 0.3) is 0 Å². The van der Waals surface area contributed by atoms with Gasteiger partial charge in [0.1, 0.15) is 0 Å². The molecule has 2 aromatic rings. The fourth-order valence-corrected chi connectivity index (χ4v) is 1.51. The number of carbonyl (C=O) groups excluding carboxylic acids is 1. The maximum Gasteiger partial charge on any atom is 0.374 e. The summed E-state index contributed by atoms with van der Waals surface area (Å²) in [5, 5.41) is 23.3. The lowest BCUT2D eigenvalue weighted by Crippen LogP contribution is -2.23. The van der Waals surface area contributed by atoms with Crippen molar-refractivity contribution >= 4 is 11.9 Å². The third kappa shape index (κ3) is 3.00. The van der Waals surface area contributed by atoms with E-state index in [9.17, 15) is 9.59 Å². The second kappa shape index (κ2) is 5.67. The number of carbonyl (C=O) groups is 2. The Bertz CT molecular complexity index is 700. The van der Waals surface area contributed by atoms with E-state index in [1.165, 1.54) is 0 Å². The second-order valence-electron chi connectivity index (χ2n) is 3.88. The van der Waals surface area contributed by atoms with Gasteiger partial charge in [-0.15, -0.1) is 0 Å². The highest BCUT2D eigenvalue weighted by Gasteiger charge is 2.16. The minimum atomic E-state index is -1.29. The van der Waals surface area contributed by atoms with Gasteiger partial charge < -0.3 is 14.9 Å². The molecular formula is C13H9N3O4. The van der Waals surface area contributed by atoms with Gasteiger partial charge >= 0.3 is 5.97 Å². The van der Waals surface area contributed by atoms with Crippen LogP contribution in [0.3, 0.4) is 0 Å². The Morgan fingerprint density at radius 3 is 2.85 bits per heavy atom. The van der Waals surface area contributed by atoms with Gasteiger partial charge in [-0.2, -0.15) is 5.26 Å². The lowest BCUT2D eigenvalue weighted by molar-refractivity contribution is 0.0651. The van der Waals surface area contributed by atoms with Crippen LogP contribution in [0.2, 0.25) is 0 Å². The second-order valence-corrected chi connectivity index (χ2v) is 3.88. The fourth-order valence-electron chi connectivity index (χ4n) is 1.51. The molecule has 20 heavy (non-hydrogen) atoms. The van der Waals surface area contributed by atoms with Crippen molar-refractivity contribution in [3.63, 3.8) is 0 Å². The molecule has 0 bridgehead atoms. The fraction of sp³-hybridized carbons (Fsp3) is 0.0769. The zero-order valence-corrected chi connectivity index (χ0v) is 10.2. The van der Waals surface area contributed by atoms with Crippen LogP contribution in [-0.2, 0) is 6.54 Å². The number of carboxylic acids is 1. The van der Waals surface area contributed by atoms with Gasteiger partial charge in [0.05, 0.1) is 11.6 Å². The Kier molecular flexibility index (Phi) is 3.77. The summed E-state index contributed by atoms with van der Waals surface area (Å²) < 4.78 is 4.48. The first-order chi connectivity index (χ1) is 9.60. The van der Waals surface area contributed by atoms with Crippen LogP contribution in [-0.4, -0.2) is 22.1 Å². The standard InChI is InChI=1S/C13H9N3O4/c14-6-8-2-1-3-9(4-8)7-15-12(17)10-5-11(13(18)19)20-16-10/h1-5H,7H2,(H,15,17)(H,18,19). The quantitative estimate of drug-likeness (QED) is 0.862. The van der Waals surface area contributed by atoms with Crippen LogP contribution >= 0.6 is 0 Å². The minimum Gasteiger partial charge on any atom is -0.475 e. The number of nitrogens with zero attached hydrogens (tertiary/aromatic N) is 2. The number of benzene rings is 1. The minimum absolute atomic E-state index is 0.112. The van der Waals surface area contributed by atoms with E-state index < -0.39 is 17.6 Å². The van der Waals surface area contributed by atoms with Crippen molar-refractivity contribution in [3.05, 3.63) is 52.9 Å². The summed E-state index contributed by atoms with van der Waals surface area (Å²) in [4.78, 5) is 22.3. The van der Waals surface area contributed by atoms with E-state index in [2.05, 4.69) is 15.0 Å². The van der Waals surface area contributed by atoms with E-state index in [0.29, 0.717) is 5.56 Å². The van der Waals surface area contributed by atoms with Gasteiger partial charge in [0.15, 0.2) is 5.69 Å². The first-order valence-electron chi connectivity index (χ1n) is 5.57. The predicted molar refractivity (Wildman–Crippen MR) is 65.8 cm³/mol. The SMILES string of the molecule is N#Cc1cccc(CNC(=O)c2cc(C(=O)O)on2)c1. The molecule has 1 amide bonds. The maximum atomic E-state index is 11.7. The summed E-state index contributed by atoms with van der Waals surface area (Å²) in [6.45, 7) is 0.198. The molecular weight excluding hydrogens is 262 g/mol. The molecule has 1 aromatic carbocycles. The predicted octanol–water partition coefficient (Wildman–Crippen LogP) is 1.17. The summed E-state index contributed by atoms with van der Waals surface area (Å²) in [5.41, 5.74) is 1.13. The zero-order valence-electron chi connectivity index (χ0n) is 10.2. The molecule has 0 aliphatic carbocycles. The van der Waals surface area contributed by atoms with Crippen molar-refractivity contribution in [2.45, 2.75) is 6.54 Å². The lowest BCUT2D eigenvalue weighted by atomic mass is 10.1. The van der Waals surface area contributed by atoms with E-state index >= 15 is 0 Å². The number of aromatic nitrogens is 1. The number of hydrogen-bond donors (Lipinski definition) is 2. The molecule has 0 radical (unpaired) electrons. The normalized spacial score (nSPS) is 9.75. The average molecular weight is 271 g/mol. The van der Waals surface area contributed by atoms with Crippen molar-refractivity contribution in [3.8, 4) is 6.07 Å². The van der Waals surface area contributed by atoms with Crippen LogP contribution in [0.5, 0.6) is 0 Å². The molecule has 1 aromatic heterocycles. The molecule has 0 spiro atoms. The first kappa shape index (κ1) is 13.3. The Balaban J connectivity index is 2.01. The van der Waals surface area contributed by atoms with Gasteiger partial charge in [0, 0.05) is 12.6 Å². The number of carboxylic acid groups (broad SMARTS) is 1. The molecule has 2 rings (SSSR count). The molecule has 7 nitrogen and oxygen atoms in total. The van der Waals surface area contributed by atoms with E-state index in [1.807, 2.05) is 6.07 Å². The summed E-state index contributed by atoms with van der Waals surface area (Å²) in [5.74, 6) is -2.25. The number of rotatable bonds is 4. The smallest absolute Gasteiger partial charge is 0.374 e. The third-order valence-electron chi connectivity index (χ3n) is 2.46. The van der Waals surface area contributed by atoms with Gasteiger partial charge in [-0.05, 0) is 17.7 Å².